The first-order chi connectivity index (χ1) is 14.5. The molecule has 4 heteroatoms. The quantitative estimate of drug-likeness (QED) is 0.566. The number of hydrogen-bond donors (Lipinski definition) is 1. The molecule has 30 heavy (non-hydrogen) atoms. The number of nitrogens with zero attached hydrogens (tertiary/aromatic N) is 1. The van der Waals surface area contributed by atoms with E-state index in [2.05, 4.69) is 74.3 Å². The molecule has 4 rings (SSSR count). The van der Waals surface area contributed by atoms with Gasteiger partial charge < -0.3 is 5.32 Å². The van der Waals surface area contributed by atoms with Crippen LogP contribution in [-0.4, -0.2) is 23.9 Å². The number of hydrogen-bond acceptors (Lipinski definition) is 3. The van der Waals surface area contributed by atoms with Crippen LogP contribution in [0.3, 0.4) is 0 Å². The average Bonchev–Trinajstić information content (AvgIpc) is 3.06. The predicted molar refractivity (Wildman–Crippen MR) is 127 cm³/mol. The van der Waals surface area contributed by atoms with Crippen LogP contribution in [0.25, 0.3) is 0 Å². The first-order valence-corrected chi connectivity index (χ1v) is 11.6. The zero-order valence-corrected chi connectivity index (χ0v) is 19.1. The Balaban J connectivity index is 1.61. The van der Waals surface area contributed by atoms with Crippen molar-refractivity contribution in [3.8, 4) is 0 Å². The molecule has 0 bridgehead atoms. The maximum atomic E-state index is 12.9. The predicted octanol–water partition coefficient (Wildman–Crippen LogP) is 5.82. The van der Waals surface area contributed by atoms with Crippen LogP contribution in [0, 0.1) is 20.8 Å². The maximum absolute atomic E-state index is 12.9. The van der Waals surface area contributed by atoms with E-state index in [-0.39, 0.29) is 11.9 Å². The highest BCUT2D eigenvalue weighted by Crippen LogP contribution is 2.42. The molecule has 0 saturated heterocycles. The van der Waals surface area contributed by atoms with Crippen LogP contribution in [-0.2, 0) is 17.6 Å². The number of rotatable bonds is 5. The molecule has 156 valence electrons. The van der Waals surface area contributed by atoms with Gasteiger partial charge in [0, 0.05) is 22.0 Å². The molecule has 1 atom stereocenters. The zero-order valence-electron chi connectivity index (χ0n) is 18.3. The minimum atomic E-state index is 0.0478. The van der Waals surface area contributed by atoms with E-state index in [0.717, 1.165) is 25.1 Å². The Kier molecular flexibility index (Phi) is 6.07. The molecule has 0 spiro atoms. The number of amides is 1. The van der Waals surface area contributed by atoms with E-state index < -0.39 is 0 Å². The summed E-state index contributed by atoms with van der Waals surface area (Å²) in [5.41, 5.74) is 7.59. The molecule has 2 aromatic carbocycles. The summed E-state index contributed by atoms with van der Waals surface area (Å²) in [6.07, 6.45) is 2.09. The van der Waals surface area contributed by atoms with Crippen LogP contribution < -0.4 is 5.32 Å². The fourth-order valence-corrected chi connectivity index (χ4v) is 5.99. The number of carbonyl (C=O) groups excluding carboxylic acids is 1. The summed E-state index contributed by atoms with van der Waals surface area (Å²) in [5, 5.41) is 3.10. The van der Waals surface area contributed by atoms with Crippen molar-refractivity contribution < 1.29 is 4.79 Å². The Labute approximate surface area is 183 Å². The summed E-state index contributed by atoms with van der Waals surface area (Å²) >= 11 is 1.91. The summed E-state index contributed by atoms with van der Waals surface area (Å²) in [5.74, 6) is 0.0478. The number of anilines is 1. The third-order valence-corrected chi connectivity index (χ3v) is 7.46. The van der Waals surface area contributed by atoms with Crippen molar-refractivity contribution in [3.05, 3.63) is 86.1 Å². The van der Waals surface area contributed by atoms with Crippen molar-refractivity contribution in [1.29, 1.82) is 0 Å². The molecule has 0 radical (unpaired) electrons. The minimum absolute atomic E-state index is 0.0478. The lowest BCUT2D eigenvalue weighted by molar-refractivity contribution is -0.117. The highest BCUT2D eigenvalue weighted by atomic mass is 32.1. The molecule has 3 aromatic rings. The number of carbonyl (C=O) groups is 1. The van der Waals surface area contributed by atoms with Gasteiger partial charge in [0.05, 0.1) is 12.6 Å². The van der Waals surface area contributed by atoms with Crippen LogP contribution in [0.5, 0.6) is 0 Å². The van der Waals surface area contributed by atoms with Crippen molar-refractivity contribution in [3.63, 3.8) is 0 Å². The Morgan fingerprint density at radius 2 is 1.87 bits per heavy atom. The van der Waals surface area contributed by atoms with Gasteiger partial charge in [0.2, 0.25) is 5.91 Å². The van der Waals surface area contributed by atoms with Crippen molar-refractivity contribution in [2.45, 2.75) is 46.6 Å². The molecule has 1 aromatic heterocycles. The summed E-state index contributed by atoms with van der Waals surface area (Å²) in [6, 6.07) is 16.9. The Hall–Kier alpha value is -2.43. The molecule has 1 amide bonds. The molecule has 3 nitrogen and oxygen atoms in total. The summed E-state index contributed by atoms with van der Waals surface area (Å²) < 4.78 is 0. The number of aryl methyl sites for hydroxylation is 3. The molecule has 0 unspecified atom stereocenters. The fraction of sp³-hybridized carbons (Fsp3) is 0.346. The molecule has 0 saturated carbocycles. The lowest BCUT2D eigenvalue weighted by atomic mass is 9.91. The average molecular weight is 419 g/mol. The number of fused-ring (bicyclic) bond motifs is 1. The normalized spacial score (nSPS) is 16.3. The van der Waals surface area contributed by atoms with Crippen molar-refractivity contribution in [1.82, 2.24) is 4.90 Å². The first kappa shape index (κ1) is 20.8. The van der Waals surface area contributed by atoms with E-state index in [4.69, 9.17) is 0 Å². The second kappa shape index (κ2) is 8.75. The van der Waals surface area contributed by atoms with Gasteiger partial charge in [0.1, 0.15) is 0 Å². The van der Waals surface area contributed by atoms with E-state index in [0.29, 0.717) is 6.54 Å². The van der Waals surface area contributed by atoms with Crippen LogP contribution in [0.2, 0.25) is 0 Å². The number of nitrogens with one attached hydrogen (secondary N) is 1. The van der Waals surface area contributed by atoms with Gasteiger partial charge in [-0.25, -0.2) is 0 Å². The standard InChI is InChI=1S/C26H30N2OS/c1-5-22-19(4)30-26-23(22)13-14-28(25(26)20-9-7-6-8-10-20)16-24(29)27-21-12-11-17(2)18(3)15-21/h6-12,15,25H,5,13-14,16H2,1-4H3,(H,27,29)/t25-/m1/s1. The van der Waals surface area contributed by atoms with Crippen molar-refractivity contribution >= 4 is 22.9 Å². The highest BCUT2D eigenvalue weighted by Gasteiger charge is 2.33. The Morgan fingerprint density at radius 3 is 2.57 bits per heavy atom. The lowest BCUT2D eigenvalue weighted by Crippen LogP contribution is -2.40. The molecule has 1 aliphatic rings. The SMILES string of the molecule is CCc1c(C)sc2c1CCN(CC(=O)Nc1ccc(C)c(C)c1)[C@@H]2c1ccccc1. The van der Waals surface area contributed by atoms with Gasteiger partial charge in [0.15, 0.2) is 0 Å². The van der Waals surface area contributed by atoms with Crippen LogP contribution >= 0.6 is 11.3 Å². The van der Waals surface area contributed by atoms with E-state index in [1.165, 1.54) is 37.6 Å². The molecule has 0 fully saturated rings. The smallest absolute Gasteiger partial charge is 0.238 e. The highest BCUT2D eigenvalue weighted by molar-refractivity contribution is 7.12. The molecular formula is C26H30N2OS. The monoisotopic (exact) mass is 418 g/mol. The van der Waals surface area contributed by atoms with Gasteiger partial charge in [0.25, 0.3) is 0 Å². The third kappa shape index (κ3) is 4.07. The molecule has 1 aliphatic heterocycles. The second-order valence-corrected chi connectivity index (χ2v) is 9.47. The summed E-state index contributed by atoms with van der Waals surface area (Å²) in [7, 11) is 0. The molecule has 2 heterocycles. The summed E-state index contributed by atoms with van der Waals surface area (Å²) in [4.78, 5) is 18.1. The van der Waals surface area contributed by atoms with Gasteiger partial charge in [-0.05, 0) is 73.6 Å². The first-order valence-electron chi connectivity index (χ1n) is 10.7. The lowest BCUT2D eigenvalue weighted by Gasteiger charge is -2.36. The van der Waals surface area contributed by atoms with E-state index in [1.807, 2.05) is 23.5 Å². The summed E-state index contributed by atoms with van der Waals surface area (Å²) in [6.45, 7) is 9.94. The van der Waals surface area contributed by atoms with Gasteiger partial charge in [-0.1, -0.05) is 43.3 Å². The van der Waals surface area contributed by atoms with Gasteiger partial charge >= 0.3 is 0 Å². The maximum Gasteiger partial charge on any atom is 0.238 e. The minimum Gasteiger partial charge on any atom is -0.325 e. The van der Waals surface area contributed by atoms with E-state index >= 15 is 0 Å². The van der Waals surface area contributed by atoms with E-state index in [9.17, 15) is 4.79 Å². The zero-order chi connectivity index (χ0) is 21.3. The van der Waals surface area contributed by atoms with Crippen LogP contribution in [0.15, 0.2) is 48.5 Å². The van der Waals surface area contributed by atoms with Gasteiger partial charge in [-0.3, -0.25) is 9.69 Å². The number of benzene rings is 2. The Morgan fingerprint density at radius 1 is 1.10 bits per heavy atom. The second-order valence-electron chi connectivity index (χ2n) is 8.21. The Bertz CT molecular complexity index is 1050. The van der Waals surface area contributed by atoms with Gasteiger partial charge in [-0.2, -0.15) is 0 Å². The van der Waals surface area contributed by atoms with Crippen LogP contribution in [0.1, 0.15) is 50.5 Å². The fourth-order valence-electron chi connectivity index (χ4n) is 4.53. The molecular weight excluding hydrogens is 388 g/mol. The topological polar surface area (TPSA) is 32.3 Å². The van der Waals surface area contributed by atoms with Gasteiger partial charge in [-0.15, -0.1) is 11.3 Å². The van der Waals surface area contributed by atoms with E-state index in [1.54, 1.807) is 0 Å². The number of thiophene rings is 1. The van der Waals surface area contributed by atoms with Crippen LogP contribution in [0.4, 0.5) is 5.69 Å². The third-order valence-electron chi connectivity index (χ3n) is 6.22. The van der Waals surface area contributed by atoms with Crippen molar-refractivity contribution in [2.24, 2.45) is 0 Å². The molecule has 1 N–H and O–H groups in total. The van der Waals surface area contributed by atoms with Crippen molar-refractivity contribution in [2.75, 3.05) is 18.4 Å². The largest absolute Gasteiger partial charge is 0.325 e. The molecule has 0 aliphatic carbocycles.